The molecule has 0 saturated heterocycles. The van der Waals surface area contributed by atoms with E-state index in [1.54, 1.807) is 0 Å². The minimum absolute atomic E-state index is 0.939. The summed E-state index contributed by atoms with van der Waals surface area (Å²) in [5.41, 5.74) is 3.10. The molecular formula is C13H9BrO. The number of aryl methyl sites for hydroxylation is 1. The Bertz CT molecular complexity index is 652. The summed E-state index contributed by atoms with van der Waals surface area (Å²) in [5.74, 6) is 0. The summed E-state index contributed by atoms with van der Waals surface area (Å²) in [5, 5.41) is 2.34. The summed E-state index contributed by atoms with van der Waals surface area (Å²) in [6.07, 6.45) is 0. The molecule has 0 N–H and O–H groups in total. The van der Waals surface area contributed by atoms with Crippen LogP contribution in [0.2, 0.25) is 0 Å². The fourth-order valence-corrected chi connectivity index (χ4v) is 2.51. The zero-order chi connectivity index (χ0) is 10.4. The van der Waals surface area contributed by atoms with Crippen molar-refractivity contribution in [2.45, 2.75) is 6.92 Å². The molecule has 0 aliphatic rings. The predicted molar refractivity (Wildman–Crippen MR) is 66.2 cm³/mol. The molecule has 2 aromatic carbocycles. The van der Waals surface area contributed by atoms with Gasteiger partial charge in [0.2, 0.25) is 0 Å². The predicted octanol–water partition coefficient (Wildman–Crippen LogP) is 4.66. The van der Waals surface area contributed by atoms with Crippen molar-refractivity contribution in [1.29, 1.82) is 0 Å². The molecule has 0 atom stereocenters. The van der Waals surface area contributed by atoms with Crippen molar-refractivity contribution in [1.82, 2.24) is 0 Å². The van der Waals surface area contributed by atoms with Crippen LogP contribution >= 0.6 is 15.9 Å². The van der Waals surface area contributed by atoms with Crippen LogP contribution in [0.3, 0.4) is 0 Å². The molecule has 1 aromatic heterocycles. The number of benzene rings is 2. The summed E-state index contributed by atoms with van der Waals surface area (Å²) >= 11 is 3.56. The standard InChI is InChI=1S/C13H9BrO/c1-8-4-2-5-9-12-10(14)6-3-7-11(12)15-13(8)9/h2-7H,1H3. The fourth-order valence-electron chi connectivity index (χ4n) is 1.95. The van der Waals surface area contributed by atoms with Gasteiger partial charge >= 0.3 is 0 Å². The number of furan rings is 1. The van der Waals surface area contributed by atoms with Gasteiger partial charge in [0.1, 0.15) is 11.2 Å². The van der Waals surface area contributed by atoms with E-state index >= 15 is 0 Å². The summed E-state index contributed by atoms with van der Waals surface area (Å²) in [6.45, 7) is 2.07. The van der Waals surface area contributed by atoms with Gasteiger partial charge in [-0.15, -0.1) is 0 Å². The average molecular weight is 261 g/mol. The topological polar surface area (TPSA) is 13.1 Å². The molecule has 1 nitrogen and oxygen atoms in total. The molecule has 2 heteroatoms. The first-order valence-electron chi connectivity index (χ1n) is 4.84. The molecular weight excluding hydrogens is 252 g/mol. The Hall–Kier alpha value is -1.28. The van der Waals surface area contributed by atoms with Gasteiger partial charge in [-0.3, -0.25) is 0 Å². The SMILES string of the molecule is Cc1cccc2c1oc1cccc(Br)c12. The molecule has 0 radical (unpaired) electrons. The van der Waals surface area contributed by atoms with Gasteiger partial charge < -0.3 is 4.42 Å². The Kier molecular flexibility index (Phi) is 1.86. The van der Waals surface area contributed by atoms with Crippen molar-refractivity contribution >= 4 is 37.9 Å². The van der Waals surface area contributed by atoms with Crippen LogP contribution in [0.1, 0.15) is 5.56 Å². The molecule has 0 aliphatic carbocycles. The van der Waals surface area contributed by atoms with Gasteiger partial charge in [-0.05, 0) is 24.6 Å². The van der Waals surface area contributed by atoms with Crippen molar-refractivity contribution in [3.05, 3.63) is 46.4 Å². The maximum absolute atomic E-state index is 5.83. The summed E-state index contributed by atoms with van der Waals surface area (Å²) in [6, 6.07) is 12.3. The van der Waals surface area contributed by atoms with E-state index in [0.29, 0.717) is 0 Å². The Labute approximate surface area is 95.8 Å². The molecule has 0 bridgehead atoms. The zero-order valence-electron chi connectivity index (χ0n) is 8.25. The molecule has 0 saturated carbocycles. The second-order valence-electron chi connectivity index (χ2n) is 3.67. The van der Waals surface area contributed by atoms with Gasteiger partial charge in [-0.2, -0.15) is 0 Å². The Morgan fingerprint density at radius 2 is 1.87 bits per heavy atom. The molecule has 74 valence electrons. The molecule has 0 spiro atoms. The summed E-state index contributed by atoms with van der Waals surface area (Å²) in [7, 11) is 0. The lowest BCUT2D eigenvalue weighted by molar-refractivity contribution is 0.665. The second-order valence-corrected chi connectivity index (χ2v) is 4.52. The maximum atomic E-state index is 5.83. The van der Waals surface area contributed by atoms with Crippen molar-refractivity contribution < 1.29 is 4.42 Å². The van der Waals surface area contributed by atoms with Crippen molar-refractivity contribution in [2.24, 2.45) is 0 Å². The lowest BCUT2D eigenvalue weighted by Crippen LogP contribution is -1.71. The highest BCUT2D eigenvalue weighted by Crippen LogP contribution is 2.34. The fraction of sp³-hybridized carbons (Fsp3) is 0.0769. The molecule has 0 fully saturated rings. The van der Waals surface area contributed by atoms with E-state index in [1.807, 2.05) is 18.2 Å². The lowest BCUT2D eigenvalue weighted by atomic mass is 10.1. The maximum Gasteiger partial charge on any atom is 0.138 e. The van der Waals surface area contributed by atoms with Crippen LogP contribution < -0.4 is 0 Å². The largest absolute Gasteiger partial charge is 0.456 e. The van der Waals surface area contributed by atoms with Crippen LogP contribution in [0, 0.1) is 6.92 Å². The molecule has 0 aliphatic heterocycles. The summed E-state index contributed by atoms with van der Waals surface area (Å²) in [4.78, 5) is 0. The van der Waals surface area contributed by atoms with Gasteiger partial charge in [0.05, 0.1) is 0 Å². The monoisotopic (exact) mass is 260 g/mol. The minimum Gasteiger partial charge on any atom is -0.456 e. The number of fused-ring (bicyclic) bond motifs is 3. The Balaban J connectivity index is 2.65. The first kappa shape index (κ1) is 8.98. The third kappa shape index (κ3) is 1.21. The smallest absolute Gasteiger partial charge is 0.138 e. The highest BCUT2D eigenvalue weighted by Gasteiger charge is 2.10. The van der Waals surface area contributed by atoms with E-state index in [4.69, 9.17) is 4.42 Å². The van der Waals surface area contributed by atoms with E-state index in [9.17, 15) is 0 Å². The van der Waals surface area contributed by atoms with Gasteiger partial charge in [0, 0.05) is 15.2 Å². The molecule has 1 heterocycles. The third-order valence-electron chi connectivity index (χ3n) is 2.67. The first-order valence-corrected chi connectivity index (χ1v) is 5.63. The number of halogens is 1. The number of para-hydroxylation sites is 1. The quantitative estimate of drug-likeness (QED) is 0.573. The van der Waals surface area contributed by atoms with Crippen LogP contribution in [0.4, 0.5) is 0 Å². The number of rotatable bonds is 0. The van der Waals surface area contributed by atoms with E-state index in [1.165, 1.54) is 10.9 Å². The molecule has 15 heavy (non-hydrogen) atoms. The van der Waals surface area contributed by atoms with E-state index in [2.05, 4.69) is 41.1 Å². The van der Waals surface area contributed by atoms with E-state index in [-0.39, 0.29) is 0 Å². The highest BCUT2D eigenvalue weighted by molar-refractivity contribution is 9.10. The van der Waals surface area contributed by atoms with Crippen molar-refractivity contribution in [2.75, 3.05) is 0 Å². The van der Waals surface area contributed by atoms with E-state index < -0.39 is 0 Å². The summed E-state index contributed by atoms with van der Waals surface area (Å²) < 4.78 is 6.92. The zero-order valence-corrected chi connectivity index (χ0v) is 9.84. The van der Waals surface area contributed by atoms with Gasteiger partial charge in [0.15, 0.2) is 0 Å². The lowest BCUT2D eigenvalue weighted by Gasteiger charge is -1.93. The van der Waals surface area contributed by atoms with Crippen molar-refractivity contribution in [3.8, 4) is 0 Å². The van der Waals surface area contributed by atoms with E-state index in [0.717, 1.165) is 21.0 Å². The van der Waals surface area contributed by atoms with Gasteiger partial charge in [-0.25, -0.2) is 0 Å². The first-order chi connectivity index (χ1) is 7.27. The minimum atomic E-state index is 0.939. The molecule has 0 unspecified atom stereocenters. The van der Waals surface area contributed by atoms with Gasteiger partial charge in [0.25, 0.3) is 0 Å². The van der Waals surface area contributed by atoms with Crippen molar-refractivity contribution in [3.63, 3.8) is 0 Å². The molecule has 3 aromatic rings. The van der Waals surface area contributed by atoms with Crippen LogP contribution in [0.5, 0.6) is 0 Å². The van der Waals surface area contributed by atoms with Crippen LogP contribution in [-0.2, 0) is 0 Å². The Morgan fingerprint density at radius 1 is 1.07 bits per heavy atom. The van der Waals surface area contributed by atoms with Crippen LogP contribution in [-0.4, -0.2) is 0 Å². The second kappa shape index (κ2) is 3.11. The molecule has 3 rings (SSSR count). The average Bonchev–Trinajstić information content (AvgIpc) is 2.59. The number of hydrogen-bond donors (Lipinski definition) is 0. The van der Waals surface area contributed by atoms with Gasteiger partial charge in [-0.1, -0.05) is 40.2 Å². The number of hydrogen-bond acceptors (Lipinski definition) is 1. The highest BCUT2D eigenvalue weighted by atomic mass is 79.9. The Morgan fingerprint density at radius 3 is 2.73 bits per heavy atom. The normalized spacial score (nSPS) is 11.3. The molecule has 0 amide bonds. The van der Waals surface area contributed by atoms with Crippen LogP contribution in [0.15, 0.2) is 45.3 Å². The third-order valence-corrected chi connectivity index (χ3v) is 3.33. The van der Waals surface area contributed by atoms with Crippen LogP contribution in [0.25, 0.3) is 21.9 Å².